The van der Waals surface area contributed by atoms with Crippen LogP contribution in [0, 0.1) is 5.41 Å². The minimum absolute atomic E-state index is 0.0692. The number of nitrogens with one attached hydrogen (secondary N) is 1. The summed E-state index contributed by atoms with van der Waals surface area (Å²) >= 11 is 0. The van der Waals surface area contributed by atoms with Crippen LogP contribution in [0.4, 0.5) is 0 Å². The zero-order chi connectivity index (χ0) is 22.4. The minimum atomic E-state index is -3.90. The molecule has 0 aliphatic carbocycles. The van der Waals surface area contributed by atoms with Gasteiger partial charge >= 0.3 is 5.97 Å². The maximum absolute atomic E-state index is 12.8. The van der Waals surface area contributed by atoms with Gasteiger partial charge in [0.2, 0.25) is 10.0 Å². The first kappa shape index (κ1) is 24.3. The number of rotatable bonds is 10. The molecule has 0 amide bonds. The molecule has 0 aromatic heterocycles. The fraction of sp³-hybridized carbons (Fsp3) is 0.421. The molecule has 2 N–H and O–H groups in total. The molecule has 0 fully saturated rings. The van der Waals surface area contributed by atoms with Gasteiger partial charge in [0.1, 0.15) is 23.0 Å². The number of hydrogen-bond acceptors (Lipinski definition) is 8. The van der Waals surface area contributed by atoms with Gasteiger partial charge in [-0.25, -0.2) is 13.2 Å². The van der Waals surface area contributed by atoms with Gasteiger partial charge < -0.3 is 20.0 Å². The van der Waals surface area contributed by atoms with E-state index in [1.54, 1.807) is 13.8 Å². The number of Topliss-reactive ketones (excluding diaryl/α,β-unsaturated/α-hetero) is 1. The summed E-state index contributed by atoms with van der Waals surface area (Å²) < 4.78 is 37.0. The third kappa shape index (κ3) is 5.64. The lowest BCUT2D eigenvalue weighted by atomic mass is 10.1. The Hall–Kier alpha value is -2.72. The Balaban J connectivity index is 3.24. The fourth-order valence-electron chi connectivity index (χ4n) is 2.68. The van der Waals surface area contributed by atoms with Crippen molar-refractivity contribution in [1.82, 2.24) is 4.31 Å². The molecule has 0 heterocycles. The third-order valence-electron chi connectivity index (χ3n) is 4.08. The number of carbonyl (C=O) groups excluding carboxylic acids is 2. The molecule has 0 spiro atoms. The Kier molecular flexibility index (Phi) is 8.53. The van der Waals surface area contributed by atoms with Crippen molar-refractivity contribution in [2.24, 2.45) is 0 Å². The highest BCUT2D eigenvalue weighted by molar-refractivity contribution is 7.89. The second-order valence-electron chi connectivity index (χ2n) is 6.03. The number of esters is 1. The molecule has 0 bridgehead atoms. The van der Waals surface area contributed by atoms with Gasteiger partial charge in [-0.1, -0.05) is 13.8 Å². The summed E-state index contributed by atoms with van der Waals surface area (Å²) in [5.41, 5.74) is -0.472. The topological polar surface area (TPSA) is 134 Å². The molecule has 1 aromatic rings. The Labute approximate surface area is 170 Å². The number of hydrogen-bond donors (Lipinski definition) is 2. The van der Waals surface area contributed by atoms with Gasteiger partial charge in [-0.15, -0.1) is 0 Å². The van der Waals surface area contributed by atoms with E-state index in [0.29, 0.717) is 0 Å². The Morgan fingerprint density at radius 1 is 1.17 bits per heavy atom. The average Bonchev–Trinajstić information content (AvgIpc) is 2.65. The lowest BCUT2D eigenvalue weighted by Crippen LogP contribution is -2.31. The number of aliphatic hydroxyl groups is 1. The second kappa shape index (κ2) is 10.2. The Morgan fingerprint density at radius 3 is 2.21 bits per heavy atom. The molecular formula is C19H26N2O7S. The predicted molar refractivity (Wildman–Crippen MR) is 107 cm³/mol. The molecule has 1 rings (SSSR count). The van der Waals surface area contributed by atoms with Gasteiger partial charge in [0.05, 0.1) is 18.2 Å². The maximum atomic E-state index is 12.8. The fourth-order valence-corrected chi connectivity index (χ4v) is 4.32. The summed E-state index contributed by atoms with van der Waals surface area (Å²) in [6, 6.07) is 3.81. The van der Waals surface area contributed by atoms with Crippen molar-refractivity contribution < 1.29 is 32.6 Å². The monoisotopic (exact) mass is 426 g/mol. The quantitative estimate of drug-likeness (QED) is 0.254. The molecule has 0 aliphatic heterocycles. The summed E-state index contributed by atoms with van der Waals surface area (Å²) in [6.07, 6.45) is 0. The van der Waals surface area contributed by atoms with E-state index in [1.165, 1.54) is 37.4 Å². The van der Waals surface area contributed by atoms with E-state index in [-0.39, 0.29) is 40.6 Å². The SMILES string of the molecule is CCN(CC)S(=O)(=O)c1cc(C(=O)OC/C(O)=C(\C(C)=N)C(C)=O)ccc1OC. The molecule has 0 radical (unpaired) electrons. The van der Waals surface area contributed by atoms with Crippen LogP contribution in [0.15, 0.2) is 34.4 Å². The number of nitrogens with zero attached hydrogens (tertiary/aromatic N) is 1. The zero-order valence-corrected chi connectivity index (χ0v) is 17.9. The highest BCUT2D eigenvalue weighted by Crippen LogP contribution is 2.28. The van der Waals surface area contributed by atoms with Crippen molar-refractivity contribution in [3.63, 3.8) is 0 Å². The van der Waals surface area contributed by atoms with Crippen molar-refractivity contribution >= 4 is 27.5 Å². The van der Waals surface area contributed by atoms with Crippen LogP contribution >= 0.6 is 0 Å². The van der Waals surface area contributed by atoms with Gasteiger partial charge in [0.25, 0.3) is 0 Å². The van der Waals surface area contributed by atoms with E-state index in [4.69, 9.17) is 14.9 Å². The third-order valence-corrected chi connectivity index (χ3v) is 6.15. The van der Waals surface area contributed by atoms with E-state index in [9.17, 15) is 23.1 Å². The first-order valence-electron chi connectivity index (χ1n) is 8.85. The minimum Gasteiger partial charge on any atom is -0.508 e. The average molecular weight is 426 g/mol. The van der Waals surface area contributed by atoms with Crippen molar-refractivity contribution in [3.8, 4) is 5.75 Å². The lowest BCUT2D eigenvalue weighted by molar-refractivity contribution is -0.113. The Bertz CT molecular complexity index is 916. The normalized spacial score (nSPS) is 12.3. The van der Waals surface area contributed by atoms with Gasteiger partial charge in [-0.2, -0.15) is 4.31 Å². The molecule has 0 aliphatic rings. The van der Waals surface area contributed by atoms with Crippen LogP contribution in [-0.4, -0.2) is 62.1 Å². The van der Waals surface area contributed by atoms with Crippen LogP contribution in [0.5, 0.6) is 5.75 Å². The maximum Gasteiger partial charge on any atom is 0.338 e. The predicted octanol–water partition coefficient (Wildman–Crippen LogP) is 2.32. The summed E-state index contributed by atoms with van der Waals surface area (Å²) in [4.78, 5) is 23.7. The number of benzene rings is 1. The first-order chi connectivity index (χ1) is 13.5. The molecule has 0 saturated carbocycles. The van der Waals surface area contributed by atoms with Crippen LogP contribution in [0.1, 0.15) is 38.1 Å². The highest BCUT2D eigenvalue weighted by atomic mass is 32.2. The van der Waals surface area contributed by atoms with E-state index < -0.39 is 34.1 Å². The number of sulfonamides is 1. The largest absolute Gasteiger partial charge is 0.508 e. The van der Waals surface area contributed by atoms with Crippen LogP contribution in [0.2, 0.25) is 0 Å². The molecular weight excluding hydrogens is 400 g/mol. The van der Waals surface area contributed by atoms with E-state index in [2.05, 4.69) is 0 Å². The molecule has 9 nitrogen and oxygen atoms in total. The van der Waals surface area contributed by atoms with Crippen molar-refractivity contribution in [3.05, 3.63) is 35.1 Å². The molecule has 29 heavy (non-hydrogen) atoms. The molecule has 10 heteroatoms. The van der Waals surface area contributed by atoms with E-state index in [0.717, 1.165) is 6.07 Å². The molecule has 0 atom stereocenters. The summed E-state index contributed by atoms with van der Waals surface area (Å²) in [7, 11) is -2.58. The van der Waals surface area contributed by atoms with Gasteiger partial charge in [-0.05, 0) is 32.0 Å². The summed E-state index contributed by atoms with van der Waals surface area (Å²) in [6.45, 7) is 5.74. The Morgan fingerprint density at radius 2 is 1.76 bits per heavy atom. The van der Waals surface area contributed by atoms with Crippen molar-refractivity contribution in [2.75, 3.05) is 26.8 Å². The summed E-state index contributed by atoms with van der Waals surface area (Å²) in [5.74, 6) is -1.92. The lowest BCUT2D eigenvalue weighted by Gasteiger charge is -2.20. The smallest absolute Gasteiger partial charge is 0.338 e. The van der Waals surface area contributed by atoms with Crippen LogP contribution < -0.4 is 4.74 Å². The van der Waals surface area contributed by atoms with Gasteiger partial charge in [-0.3, -0.25) is 4.79 Å². The van der Waals surface area contributed by atoms with Crippen molar-refractivity contribution in [1.29, 1.82) is 5.41 Å². The van der Waals surface area contributed by atoms with Crippen LogP contribution in [0.3, 0.4) is 0 Å². The van der Waals surface area contributed by atoms with Gasteiger partial charge in [0.15, 0.2) is 5.78 Å². The number of carbonyl (C=O) groups is 2. The van der Waals surface area contributed by atoms with E-state index in [1.807, 2.05) is 0 Å². The first-order valence-corrected chi connectivity index (χ1v) is 10.3. The summed E-state index contributed by atoms with van der Waals surface area (Å²) in [5, 5.41) is 17.5. The number of ether oxygens (including phenoxy) is 2. The van der Waals surface area contributed by atoms with Crippen molar-refractivity contribution in [2.45, 2.75) is 32.6 Å². The number of aliphatic hydroxyl groups excluding tert-OH is 1. The van der Waals surface area contributed by atoms with Crippen LogP contribution in [-0.2, 0) is 19.6 Å². The second-order valence-corrected chi connectivity index (χ2v) is 7.94. The molecule has 160 valence electrons. The van der Waals surface area contributed by atoms with Gasteiger partial charge in [0, 0.05) is 18.8 Å². The molecule has 1 aromatic carbocycles. The number of allylic oxidation sites excluding steroid dienone is 1. The highest BCUT2D eigenvalue weighted by Gasteiger charge is 2.27. The number of ketones is 1. The standard InChI is InChI=1S/C19H26N2O7S/c1-6-21(7-2)29(25,26)17-10-14(8-9-16(17)27-5)19(24)28-11-15(23)18(12(3)20)13(4)22/h8-10,20,23H,6-7,11H2,1-5H3/b18-15-,20-12?. The number of methoxy groups -OCH3 is 1. The molecule has 0 unspecified atom stereocenters. The van der Waals surface area contributed by atoms with Crippen LogP contribution in [0.25, 0.3) is 0 Å². The molecule has 0 saturated heterocycles. The zero-order valence-electron chi connectivity index (χ0n) is 17.1. The van der Waals surface area contributed by atoms with E-state index >= 15 is 0 Å².